The number of hydrogen-bond acceptors (Lipinski definition) is 2. The lowest BCUT2D eigenvalue weighted by Gasteiger charge is -2.06. The Morgan fingerprint density at radius 2 is 0.692 bits per heavy atom. The SMILES string of the molecule is CCCCCCCCCCCCCCCCCCNC(=O)CCCCCCCCCCCCCCCCCO. The standard InChI is InChI=1S/C36H73NO2/c1-2-3-4-5-6-7-8-9-10-13-16-19-22-25-28-31-34-37-36(39)33-30-27-24-21-18-15-12-11-14-17-20-23-26-29-32-35-38/h38H,2-35H2,1H3,(H,37,39). The third kappa shape index (κ3) is 35.4. The second-order valence-corrected chi connectivity index (χ2v) is 12.4. The highest BCUT2D eigenvalue weighted by atomic mass is 16.2. The first-order chi connectivity index (χ1) is 19.3. The average molecular weight is 552 g/mol. The van der Waals surface area contributed by atoms with Crippen LogP contribution in [0.1, 0.15) is 212 Å². The molecule has 0 radical (unpaired) electrons. The molecule has 0 rings (SSSR count). The molecule has 1 amide bonds. The first-order valence-electron chi connectivity index (χ1n) is 18.2. The molecule has 234 valence electrons. The molecule has 0 atom stereocenters. The maximum absolute atomic E-state index is 12.0. The Balaban J connectivity index is 3.14. The summed E-state index contributed by atoms with van der Waals surface area (Å²) in [6.45, 7) is 3.52. The molecule has 0 bridgehead atoms. The van der Waals surface area contributed by atoms with Gasteiger partial charge in [-0.25, -0.2) is 0 Å². The zero-order chi connectivity index (χ0) is 28.3. The summed E-state index contributed by atoms with van der Waals surface area (Å²) in [5.74, 6) is 0.268. The van der Waals surface area contributed by atoms with Crippen molar-refractivity contribution in [2.24, 2.45) is 0 Å². The lowest BCUT2D eigenvalue weighted by Crippen LogP contribution is -2.23. The molecule has 0 heterocycles. The van der Waals surface area contributed by atoms with Gasteiger partial charge in [-0.3, -0.25) is 4.79 Å². The molecule has 0 aromatic carbocycles. The van der Waals surface area contributed by atoms with Crippen LogP contribution in [0.15, 0.2) is 0 Å². The van der Waals surface area contributed by atoms with Gasteiger partial charge in [-0.1, -0.05) is 187 Å². The molecule has 0 aromatic heterocycles. The molecule has 0 saturated heterocycles. The van der Waals surface area contributed by atoms with Crippen molar-refractivity contribution >= 4 is 5.91 Å². The van der Waals surface area contributed by atoms with E-state index < -0.39 is 0 Å². The molecule has 0 aliphatic heterocycles. The average Bonchev–Trinajstić information content (AvgIpc) is 2.94. The van der Waals surface area contributed by atoms with Gasteiger partial charge in [0.2, 0.25) is 5.91 Å². The van der Waals surface area contributed by atoms with Crippen molar-refractivity contribution in [1.29, 1.82) is 0 Å². The van der Waals surface area contributed by atoms with Crippen LogP contribution in [0, 0.1) is 0 Å². The third-order valence-electron chi connectivity index (χ3n) is 8.41. The van der Waals surface area contributed by atoms with Gasteiger partial charge >= 0.3 is 0 Å². The number of hydrogen-bond donors (Lipinski definition) is 2. The minimum atomic E-state index is 0.268. The Morgan fingerprint density at radius 1 is 0.410 bits per heavy atom. The lowest BCUT2D eigenvalue weighted by atomic mass is 10.0. The van der Waals surface area contributed by atoms with Crippen LogP contribution in [0.25, 0.3) is 0 Å². The first kappa shape index (κ1) is 38.4. The van der Waals surface area contributed by atoms with E-state index in [4.69, 9.17) is 5.11 Å². The number of unbranched alkanes of at least 4 members (excludes halogenated alkanes) is 29. The summed E-state index contributed by atoms with van der Waals surface area (Å²) in [4.78, 5) is 12.0. The number of amides is 1. The van der Waals surface area contributed by atoms with E-state index in [1.165, 1.54) is 180 Å². The van der Waals surface area contributed by atoms with E-state index in [9.17, 15) is 4.79 Å². The Hall–Kier alpha value is -0.570. The van der Waals surface area contributed by atoms with Gasteiger partial charge in [-0.15, -0.1) is 0 Å². The highest BCUT2D eigenvalue weighted by molar-refractivity contribution is 5.75. The van der Waals surface area contributed by atoms with Crippen LogP contribution in [-0.4, -0.2) is 24.2 Å². The maximum atomic E-state index is 12.0. The van der Waals surface area contributed by atoms with Crippen molar-refractivity contribution in [3.8, 4) is 0 Å². The number of aliphatic hydroxyl groups excluding tert-OH is 1. The molecule has 0 spiro atoms. The number of nitrogens with one attached hydrogen (secondary N) is 1. The monoisotopic (exact) mass is 552 g/mol. The molecule has 0 fully saturated rings. The van der Waals surface area contributed by atoms with E-state index in [1.807, 2.05) is 0 Å². The summed E-state index contributed by atoms with van der Waals surface area (Å²) < 4.78 is 0. The van der Waals surface area contributed by atoms with Crippen LogP contribution in [0.3, 0.4) is 0 Å². The molecular weight excluding hydrogens is 478 g/mol. The van der Waals surface area contributed by atoms with Crippen molar-refractivity contribution < 1.29 is 9.90 Å². The van der Waals surface area contributed by atoms with E-state index in [0.29, 0.717) is 6.61 Å². The van der Waals surface area contributed by atoms with Crippen molar-refractivity contribution in [3.05, 3.63) is 0 Å². The second kappa shape index (κ2) is 35.5. The number of carbonyl (C=O) groups excluding carboxylic acids is 1. The molecule has 2 N–H and O–H groups in total. The fourth-order valence-corrected chi connectivity index (χ4v) is 5.68. The molecule has 3 heteroatoms. The van der Waals surface area contributed by atoms with Crippen molar-refractivity contribution in [1.82, 2.24) is 5.32 Å². The van der Waals surface area contributed by atoms with Crippen LogP contribution in [-0.2, 0) is 4.79 Å². The van der Waals surface area contributed by atoms with E-state index in [-0.39, 0.29) is 5.91 Å². The largest absolute Gasteiger partial charge is 0.396 e. The fourth-order valence-electron chi connectivity index (χ4n) is 5.68. The van der Waals surface area contributed by atoms with Gasteiger partial charge in [-0.05, 0) is 19.3 Å². The lowest BCUT2D eigenvalue weighted by molar-refractivity contribution is -0.121. The molecule has 3 nitrogen and oxygen atoms in total. The van der Waals surface area contributed by atoms with Crippen LogP contribution in [0.5, 0.6) is 0 Å². The molecule has 0 aliphatic carbocycles. The van der Waals surface area contributed by atoms with Gasteiger partial charge in [0.25, 0.3) is 0 Å². The predicted octanol–water partition coefficient (Wildman–Crippen LogP) is 11.6. The highest BCUT2D eigenvalue weighted by Crippen LogP contribution is 2.15. The fraction of sp³-hybridized carbons (Fsp3) is 0.972. The summed E-state index contributed by atoms with van der Waals surface area (Å²) in [5, 5.41) is 11.9. The van der Waals surface area contributed by atoms with Crippen molar-refractivity contribution in [3.63, 3.8) is 0 Å². The predicted molar refractivity (Wildman–Crippen MR) is 174 cm³/mol. The Morgan fingerprint density at radius 3 is 1.03 bits per heavy atom. The summed E-state index contributed by atoms with van der Waals surface area (Å²) >= 11 is 0. The van der Waals surface area contributed by atoms with Crippen LogP contribution in [0.4, 0.5) is 0 Å². The summed E-state index contributed by atoms with van der Waals surface area (Å²) in [5.41, 5.74) is 0. The van der Waals surface area contributed by atoms with Gasteiger partial charge in [0.1, 0.15) is 0 Å². The van der Waals surface area contributed by atoms with Gasteiger partial charge < -0.3 is 10.4 Å². The normalized spacial score (nSPS) is 11.3. The van der Waals surface area contributed by atoms with Crippen molar-refractivity contribution in [2.75, 3.05) is 13.2 Å². The molecule has 39 heavy (non-hydrogen) atoms. The quantitative estimate of drug-likeness (QED) is 0.0781. The van der Waals surface area contributed by atoms with Crippen LogP contribution >= 0.6 is 0 Å². The molecular formula is C36H73NO2. The van der Waals surface area contributed by atoms with E-state index in [0.717, 1.165) is 32.2 Å². The smallest absolute Gasteiger partial charge is 0.219 e. The topological polar surface area (TPSA) is 49.3 Å². The third-order valence-corrected chi connectivity index (χ3v) is 8.41. The number of rotatable bonds is 34. The van der Waals surface area contributed by atoms with Crippen LogP contribution in [0.2, 0.25) is 0 Å². The number of carbonyl (C=O) groups is 1. The molecule has 0 saturated carbocycles. The van der Waals surface area contributed by atoms with Gasteiger partial charge in [0.15, 0.2) is 0 Å². The summed E-state index contributed by atoms with van der Waals surface area (Å²) in [6.07, 6.45) is 42.4. The molecule has 0 unspecified atom stereocenters. The Bertz CT molecular complexity index is 453. The van der Waals surface area contributed by atoms with E-state index in [1.54, 1.807) is 0 Å². The zero-order valence-electron chi connectivity index (χ0n) is 26.9. The maximum Gasteiger partial charge on any atom is 0.219 e. The zero-order valence-corrected chi connectivity index (χ0v) is 26.9. The minimum absolute atomic E-state index is 0.268. The first-order valence-corrected chi connectivity index (χ1v) is 18.2. The van der Waals surface area contributed by atoms with Gasteiger partial charge in [0, 0.05) is 19.6 Å². The Labute approximate surface area is 246 Å². The highest BCUT2D eigenvalue weighted by Gasteiger charge is 2.01. The summed E-state index contributed by atoms with van der Waals surface area (Å²) in [6, 6.07) is 0. The second-order valence-electron chi connectivity index (χ2n) is 12.4. The summed E-state index contributed by atoms with van der Waals surface area (Å²) in [7, 11) is 0. The van der Waals surface area contributed by atoms with Gasteiger partial charge in [0.05, 0.1) is 0 Å². The number of aliphatic hydroxyl groups is 1. The van der Waals surface area contributed by atoms with Gasteiger partial charge in [-0.2, -0.15) is 0 Å². The molecule has 0 aromatic rings. The minimum Gasteiger partial charge on any atom is -0.396 e. The van der Waals surface area contributed by atoms with Crippen molar-refractivity contribution in [2.45, 2.75) is 212 Å². The van der Waals surface area contributed by atoms with E-state index >= 15 is 0 Å². The Kier molecular flexibility index (Phi) is 34.9. The van der Waals surface area contributed by atoms with Crippen LogP contribution < -0.4 is 5.32 Å². The van der Waals surface area contributed by atoms with E-state index in [2.05, 4.69) is 12.2 Å². The molecule has 0 aliphatic rings.